The molecule has 0 radical (unpaired) electrons. The van der Waals surface area contributed by atoms with E-state index in [1.165, 1.54) is 0 Å². The maximum atomic E-state index is 12.4. The predicted molar refractivity (Wildman–Crippen MR) is 68.0 cm³/mol. The van der Waals surface area contributed by atoms with Crippen molar-refractivity contribution in [3.05, 3.63) is 0 Å². The molecule has 1 atom stereocenters. The summed E-state index contributed by atoms with van der Waals surface area (Å²) in [6.07, 6.45) is 5.22. The summed E-state index contributed by atoms with van der Waals surface area (Å²) in [7, 11) is -1.52. The molecule has 2 saturated heterocycles. The maximum Gasteiger partial charge on any atom is 0.282 e. The number of nitrogens with zero attached hydrogens (tertiary/aromatic N) is 2. The highest BCUT2D eigenvalue weighted by Crippen LogP contribution is 2.18. The molecule has 6 heteroatoms. The van der Waals surface area contributed by atoms with E-state index in [0.29, 0.717) is 13.1 Å². The molecule has 17 heavy (non-hydrogen) atoms. The van der Waals surface area contributed by atoms with Gasteiger partial charge in [0, 0.05) is 32.7 Å². The zero-order chi connectivity index (χ0) is 12.3. The van der Waals surface area contributed by atoms with E-state index in [0.717, 1.165) is 45.2 Å². The predicted octanol–water partition coefficient (Wildman–Crippen LogP) is 0.401. The van der Waals surface area contributed by atoms with E-state index >= 15 is 0 Å². The molecule has 2 aliphatic rings. The lowest BCUT2D eigenvalue weighted by molar-refractivity contribution is 0.328. The summed E-state index contributed by atoms with van der Waals surface area (Å²) in [4.78, 5) is 0. The summed E-state index contributed by atoms with van der Waals surface area (Å²) in [5, 5.41) is 3.22. The van der Waals surface area contributed by atoms with Gasteiger partial charge in [0.25, 0.3) is 10.2 Å². The van der Waals surface area contributed by atoms with Crippen molar-refractivity contribution in [1.82, 2.24) is 13.9 Å². The van der Waals surface area contributed by atoms with Crippen LogP contribution in [0.25, 0.3) is 0 Å². The standard InChI is InChI=1S/C11H23N3O2S/c1-13(11-6-7-12-10-11)17(15,16)14-8-4-2-3-5-9-14/h11-12H,2-10H2,1H3. The summed E-state index contributed by atoms with van der Waals surface area (Å²) >= 11 is 0. The lowest BCUT2D eigenvalue weighted by Gasteiger charge is -2.29. The third kappa shape index (κ3) is 2.99. The van der Waals surface area contributed by atoms with Crippen molar-refractivity contribution in [2.45, 2.75) is 38.1 Å². The zero-order valence-electron chi connectivity index (χ0n) is 10.6. The van der Waals surface area contributed by atoms with E-state index in [2.05, 4.69) is 5.32 Å². The Bertz CT molecular complexity index is 323. The van der Waals surface area contributed by atoms with Crippen LogP contribution in [-0.4, -0.2) is 56.3 Å². The Morgan fingerprint density at radius 1 is 1.18 bits per heavy atom. The first-order valence-electron chi connectivity index (χ1n) is 6.56. The third-order valence-electron chi connectivity index (χ3n) is 3.80. The zero-order valence-corrected chi connectivity index (χ0v) is 11.4. The van der Waals surface area contributed by atoms with Crippen LogP contribution >= 0.6 is 0 Å². The highest BCUT2D eigenvalue weighted by molar-refractivity contribution is 7.86. The Kier molecular flexibility index (Phi) is 4.41. The maximum absolute atomic E-state index is 12.4. The topological polar surface area (TPSA) is 52.7 Å². The van der Waals surface area contributed by atoms with Crippen molar-refractivity contribution in [1.29, 1.82) is 0 Å². The van der Waals surface area contributed by atoms with E-state index in [-0.39, 0.29) is 6.04 Å². The molecule has 2 rings (SSSR count). The molecule has 0 aromatic rings. The summed E-state index contributed by atoms with van der Waals surface area (Å²) in [5.41, 5.74) is 0. The van der Waals surface area contributed by atoms with Crippen LogP contribution in [0.5, 0.6) is 0 Å². The first-order valence-corrected chi connectivity index (χ1v) is 7.96. The van der Waals surface area contributed by atoms with E-state index in [1.54, 1.807) is 15.7 Å². The molecule has 2 aliphatic heterocycles. The second kappa shape index (κ2) is 5.65. The van der Waals surface area contributed by atoms with E-state index in [4.69, 9.17) is 0 Å². The van der Waals surface area contributed by atoms with Gasteiger partial charge in [0.15, 0.2) is 0 Å². The number of hydrogen-bond acceptors (Lipinski definition) is 3. The van der Waals surface area contributed by atoms with Gasteiger partial charge in [-0.2, -0.15) is 17.0 Å². The molecule has 0 amide bonds. The Morgan fingerprint density at radius 2 is 1.82 bits per heavy atom. The quantitative estimate of drug-likeness (QED) is 0.800. The number of rotatable bonds is 3. The molecular formula is C11H23N3O2S. The van der Waals surface area contributed by atoms with Crippen LogP contribution in [0.3, 0.4) is 0 Å². The number of likely N-dealkylation sites (N-methyl/N-ethyl adjacent to an activating group) is 1. The van der Waals surface area contributed by atoms with Crippen molar-refractivity contribution >= 4 is 10.2 Å². The minimum Gasteiger partial charge on any atom is -0.315 e. The average molecular weight is 261 g/mol. The Balaban J connectivity index is 2.05. The fourth-order valence-electron chi connectivity index (χ4n) is 2.59. The van der Waals surface area contributed by atoms with Crippen LogP contribution in [0.4, 0.5) is 0 Å². The molecule has 0 spiro atoms. The molecule has 0 aromatic carbocycles. The van der Waals surface area contributed by atoms with Crippen LogP contribution in [0, 0.1) is 0 Å². The molecule has 100 valence electrons. The van der Waals surface area contributed by atoms with Gasteiger partial charge in [0.1, 0.15) is 0 Å². The van der Waals surface area contributed by atoms with Crippen LogP contribution in [0.2, 0.25) is 0 Å². The van der Waals surface area contributed by atoms with Crippen LogP contribution in [-0.2, 0) is 10.2 Å². The van der Waals surface area contributed by atoms with Crippen molar-refractivity contribution in [3.63, 3.8) is 0 Å². The molecule has 2 fully saturated rings. The minimum atomic E-state index is -3.24. The molecular weight excluding hydrogens is 238 g/mol. The first kappa shape index (κ1) is 13.3. The van der Waals surface area contributed by atoms with Crippen molar-refractivity contribution < 1.29 is 8.42 Å². The molecule has 5 nitrogen and oxygen atoms in total. The smallest absolute Gasteiger partial charge is 0.282 e. The molecule has 0 aliphatic carbocycles. The first-order chi connectivity index (χ1) is 8.12. The van der Waals surface area contributed by atoms with Gasteiger partial charge in [-0.15, -0.1) is 0 Å². The van der Waals surface area contributed by atoms with Gasteiger partial charge in [0.2, 0.25) is 0 Å². The van der Waals surface area contributed by atoms with Crippen molar-refractivity contribution in [2.24, 2.45) is 0 Å². The van der Waals surface area contributed by atoms with Gasteiger partial charge in [0.05, 0.1) is 0 Å². The Hall–Kier alpha value is -0.170. The van der Waals surface area contributed by atoms with Gasteiger partial charge >= 0.3 is 0 Å². The molecule has 1 N–H and O–H groups in total. The van der Waals surface area contributed by atoms with Crippen LogP contribution in [0.1, 0.15) is 32.1 Å². The second-order valence-electron chi connectivity index (χ2n) is 4.98. The Morgan fingerprint density at radius 3 is 2.35 bits per heavy atom. The highest BCUT2D eigenvalue weighted by Gasteiger charge is 2.33. The van der Waals surface area contributed by atoms with Gasteiger partial charge in [-0.3, -0.25) is 0 Å². The molecule has 0 saturated carbocycles. The minimum absolute atomic E-state index is 0.128. The van der Waals surface area contributed by atoms with E-state index in [9.17, 15) is 8.42 Å². The van der Waals surface area contributed by atoms with Crippen LogP contribution < -0.4 is 5.32 Å². The summed E-state index contributed by atoms with van der Waals surface area (Å²) in [6.45, 7) is 3.08. The van der Waals surface area contributed by atoms with E-state index < -0.39 is 10.2 Å². The van der Waals surface area contributed by atoms with Gasteiger partial charge < -0.3 is 5.32 Å². The van der Waals surface area contributed by atoms with Gasteiger partial charge in [-0.25, -0.2) is 0 Å². The van der Waals surface area contributed by atoms with Crippen molar-refractivity contribution in [2.75, 3.05) is 33.2 Å². The lowest BCUT2D eigenvalue weighted by atomic mass is 10.2. The summed E-state index contributed by atoms with van der Waals surface area (Å²) < 4.78 is 28.1. The molecule has 0 bridgehead atoms. The van der Waals surface area contributed by atoms with Crippen molar-refractivity contribution in [3.8, 4) is 0 Å². The second-order valence-corrected chi connectivity index (χ2v) is 6.97. The lowest BCUT2D eigenvalue weighted by Crippen LogP contribution is -2.47. The van der Waals surface area contributed by atoms with Gasteiger partial charge in [-0.1, -0.05) is 12.8 Å². The summed E-state index contributed by atoms with van der Waals surface area (Å²) in [6, 6.07) is 0.128. The number of hydrogen-bond donors (Lipinski definition) is 1. The fraction of sp³-hybridized carbons (Fsp3) is 1.00. The van der Waals surface area contributed by atoms with Gasteiger partial charge in [-0.05, 0) is 25.8 Å². The fourth-order valence-corrected chi connectivity index (χ4v) is 4.23. The normalized spacial score (nSPS) is 28.5. The number of nitrogens with one attached hydrogen (secondary N) is 1. The monoisotopic (exact) mass is 261 g/mol. The summed E-state index contributed by atoms with van der Waals surface area (Å²) in [5.74, 6) is 0. The Labute approximate surface area is 104 Å². The molecule has 1 unspecified atom stereocenters. The molecule has 2 heterocycles. The largest absolute Gasteiger partial charge is 0.315 e. The van der Waals surface area contributed by atoms with Crippen LogP contribution in [0.15, 0.2) is 0 Å². The SMILES string of the molecule is CN(C1CCNC1)S(=O)(=O)N1CCCCCC1. The third-order valence-corrected chi connectivity index (χ3v) is 5.85. The highest BCUT2D eigenvalue weighted by atomic mass is 32.2. The van der Waals surface area contributed by atoms with E-state index in [1.807, 2.05) is 0 Å². The molecule has 0 aromatic heterocycles. The average Bonchev–Trinajstić information content (AvgIpc) is 2.69.